The number of hydrogen-bond acceptors (Lipinski definition) is 0. The Balaban J connectivity index is 5.30. The predicted octanol–water partition coefficient (Wildman–Crippen LogP) is 5.09. The van der Waals surface area contributed by atoms with Crippen molar-refractivity contribution in [2.75, 3.05) is 0 Å². The maximum Gasteiger partial charge on any atom is 0.136 e. The summed E-state index contributed by atoms with van der Waals surface area (Å²) in [4.78, 5) is 0. The zero-order valence-corrected chi connectivity index (χ0v) is 14.5. The predicted molar refractivity (Wildman–Crippen MR) is 75.6 cm³/mol. The van der Waals surface area contributed by atoms with Crippen LogP contribution in [0.1, 0.15) is 0 Å². The van der Waals surface area contributed by atoms with Gasteiger partial charge in [0.15, 0.2) is 0 Å². The third-order valence-corrected chi connectivity index (χ3v) is 16.0. The molecule has 0 amide bonds. The maximum absolute atomic E-state index is 6.39. The molecule has 0 aliphatic carbocycles. The van der Waals surface area contributed by atoms with Gasteiger partial charge in [0.1, 0.15) is 7.91 Å². The fourth-order valence-electron chi connectivity index (χ4n) is 0.942. The van der Waals surface area contributed by atoms with Crippen LogP contribution in [0.4, 0.5) is 0 Å². The number of alkyl halides is 4. The zero-order valence-electron chi connectivity index (χ0n) is 9.51. The molecular weight excluding hydrogens is 294 g/mol. The second kappa shape index (κ2) is 4.12. The topological polar surface area (TPSA) is 0 Å². The van der Waals surface area contributed by atoms with Gasteiger partial charge in [0.2, 0.25) is 0 Å². The summed E-state index contributed by atoms with van der Waals surface area (Å²) in [7, 11) is -3.66. The Labute approximate surface area is 109 Å². The molecule has 0 unspecified atom stereocenters. The maximum atomic E-state index is 6.39. The average molecular weight is 312 g/mol. The highest BCUT2D eigenvalue weighted by Gasteiger charge is 2.61. The van der Waals surface area contributed by atoms with E-state index in [-0.39, 0.29) is 0 Å². The lowest BCUT2D eigenvalue weighted by Gasteiger charge is -2.47. The lowest BCUT2D eigenvalue weighted by Crippen LogP contribution is -2.64. The molecule has 0 spiro atoms. The van der Waals surface area contributed by atoms with Gasteiger partial charge in [-0.1, -0.05) is 39.3 Å². The molecule has 0 saturated carbocycles. The highest BCUT2D eigenvalue weighted by molar-refractivity contribution is 7.06. The number of hydrogen-bond donors (Lipinski definition) is 0. The summed E-state index contributed by atoms with van der Waals surface area (Å²) < 4.78 is -2.01. The molecule has 0 atom stereocenters. The van der Waals surface area contributed by atoms with Crippen LogP contribution in [0.3, 0.4) is 0 Å². The van der Waals surface area contributed by atoms with E-state index in [4.69, 9.17) is 46.4 Å². The van der Waals surface area contributed by atoms with Crippen molar-refractivity contribution in [2.45, 2.75) is 47.2 Å². The molecule has 0 N–H and O–H groups in total. The second-order valence-electron chi connectivity index (χ2n) is 5.65. The van der Waals surface area contributed by atoms with Crippen molar-refractivity contribution in [2.24, 2.45) is 0 Å². The van der Waals surface area contributed by atoms with Crippen LogP contribution in [0.2, 0.25) is 39.3 Å². The summed E-state index contributed by atoms with van der Waals surface area (Å²) in [5.74, 6) is 0. The smallest absolute Gasteiger partial charge is 0.103 e. The first-order valence-electron chi connectivity index (χ1n) is 4.51. The van der Waals surface area contributed by atoms with E-state index >= 15 is 0 Å². The Kier molecular flexibility index (Phi) is 4.59. The summed E-state index contributed by atoms with van der Waals surface area (Å²) >= 11 is 25.5. The monoisotopic (exact) mass is 310 g/mol. The highest BCUT2D eigenvalue weighted by Crippen LogP contribution is 2.52. The molecule has 0 bridgehead atoms. The van der Waals surface area contributed by atoms with E-state index in [9.17, 15) is 0 Å². The molecule has 0 heterocycles. The van der Waals surface area contributed by atoms with Crippen molar-refractivity contribution in [1.82, 2.24) is 0 Å². The van der Waals surface area contributed by atoms with Crippen molar-refractivity contribution < 1.29 is 0 Å². The van der Waals surface area contributed by atoms with Gasteiger partial charge in [-0.3, -0.25) is 0 Å². The van der Waals surface area contributed by atoms with Crippen molar-refractivity contribution in [3.05, 3.63) is 0 Å². The SMILES string of the molecule is C[Si](C)(C)C(Cl)(Cl)C(Cl)(Cl)[Si](C)(C)C. The van der Waals surface area contributed by atoms with Crippen LogP contribution in [0.25, 0.3) is 0 Å². The second-order valence-corrected chi connectivity index (χ2v) is 20.1. The molecule has 0 aromatic rings. The minimum Gasteiger partial charge on any atom is -0.103 e. The Morgan fingerprint density at radius 1 is 0.571 bits per heavy atom. The summed E-state index contributed by atoms with van der Waals surface area (Å²) in [5.41, 5.74) is 0. The zero-order chi connectivity index (χ0) is 12.0. The Morgan fingerprint density at radius 2 is 0.714 bits per heavy atom. The standard InChI is InChI=1S/C8H18Cl4Si2/c1-13(2,3)7(9,10)8(11,12)14(4,5)6/h1-6H3. The van der Waals surface area contributed by atoms with Gasteiger partial charge in [0.05, 0.1) is 16.1 Å². The van der Waals surface area contributed by atoms with E-state index in [1.165, 1.54) is 0 Å². The van der Waals surface area contributed by atoms with Crippen molar-refractivity contribution in [3.8, 4) is 0 Å². The largest absolute Gasteiger partial charge is 0.136 e. The fraction of sp³-hybridized carbons (Fsp3) is 1.00. The fourth-order valence-corrected chi connectivity index (χ4v) is 8.48. The summed E-state index contributed by atoms with van der Waals surface area (Å²) in [6.45, 7) is 12.5. The molecular formula is C8H18Cl4Si2. The highest BCUT2D eigenvalue weighted by atomic mass is 35.5. The van der Waals surface area contributed by atoms with E-state index in [2.05, 4.69) is 39.3 Å². The minimum atomic E-state index is -1.83. The third kappa shape index (κ3) is 2.64. The van der Waals surface area contributed by atoms with E-state index in [1.54, 1.807) is 0 Å². The summed E-state index contributed by atoms with van der Waals surface area (Å²) in [6, 6.07) is 0. The van der Waals surface area contributed by atoms with Crippen LogP contribution in [0.15, 0.2) is 0 Å². The molecule has 0 aromatic carbocycles. The van der Waals surface area contributed by atoms with Crippen molar-refractivity contribution >= 4 is 62.6 Å². The first-order chi connectivity index (χ1) is 5.75. The van der Waals surface area contributed by atoms with Crippen LogP contribution >= 0.6 is 46.4 Å². The molecule has 0 saturated heterocycles. The van der Waals surface area contributed by atoms with E-state index in [0.717, 1.165) is 0 Å². The number of rotatable bonds is 3. The Hall–Kier alpha value is 1.59. The normalized spacial score (nSPS) is 15.9. The lowest BCUT2D eigenvalue weighted by atomic mass is 10.9. The molecule has 0 aromatic heterocycles. The van der Waals surface area contributed by atoms with Gasteiger partial charge in [-0.25, -0.2) is 0 Å². The number of halogens is 4. The average Bonchev–Trinajstić information content (AvgIpc) is 1.81. The molecule has 14 heavy (non-hydrogen) atoms. The van der Waals surface area contributed by atoms with Gasteiger partial charge in [-0.15, -0.1) is 46.4 Å². The van der Waals surface area contributed by atoms with Crippen LogP contribution < -0.4 is 0 Å². The van der Waals surface area contributed by atoms with Gasteiger partial charge in [-0.05, 0) is 0 Å². The van der Waals surface area contributed by atoms with E-state index < -0.39 is 24.1 Å². The molecule has 0 radical (unpaired) electrons. The van der Waals surface area contributed by atoms with Crippen LogP contribution in [-0.4, -0.2) is 24.1 Å². The molecule has 0 rings (SSSR count). The van der Waals surface area contributed by atoms with Gasteiger partial charge in [-0.2, -0.15) is 0 Å². The third-order valence-electron chi connectivity index (χ3n) is 2.28. The molecule has 0 nitrogen and oxygen atoms in total. The van der Waals surface area contributed by atoms with Crippen molar-refractivity contribution in [3.63, 3.8) is 0 Å². The quantitative estimate of drug-likeness (QED) is 0.503. The van der Waals surface area contributed by atoms with Gasteiger partial charge >= 0.3 is 0 Å². The van der Waals surface area contributed by atoms with E-state index in [1.807, 2.05) is 0 Å². The van der Waals surface area contributed by atoms with Gasteiger partial charge < -0.3 is 0 Å². The summed E-state index contributed by atoms with van der Waals surface area (Å²) in [6.07, 6.45) is 0. The van der Waals surface area contributed by atoms with E-state index in [0.29, 0.717) is 0 Å². The molecule has 6 heteroatoms. The Bertz CT molecular complexity index is 188. The first-order valence-corrected chi connectivity index (χ1v) is 13.0. The molecule has 0 fully saturated rings. The molecule has 0 aliphatic rings. The lowest BCUT2D eigenvalue weighted by molar-refractivity contribution is 0.989. The van der Waals surface area contributed by atoms with Crippen LogP contribution in [0, 0.1) is 0 Å². The first kappa shape index (κ1) is 15.6. The van der Waals surface area contributed by atoms with Gasteiger partial charge in [0.25, 0.3) is 0 Å². The minimum absolute atomic E-state index is 1.01. The Morgan fingerprint density at radius 3 is 0.786 bits per heavy atom. The van der Waals surface area contributed by atoms with Crippen molar-refractivity contribution in [1.29, 1.82) is 0 Å². The van der Waals surface area contributed by atoms with Crippen LogP contribution in [0.5, 0.6) is 0 Å². The van der Waals surface area contributed by atoms with Gasteiger partial charge in [0, 0.05) is 0 Å². The molecule has 86 valence electrons. The van der Waals surface area contributed by atoms with Crippen LogP contribution in [-0.2, 0) is 0 Å². The summed E-state index contributed by atoms with van der Waals surface area (Å²) in [5, 5.41) is 0. The molecule has 0 aliphatic heterocycles.